The number of hydrogen-bond donors (Lipinski definition) is 0. The smallest absolute Gasteiger partial charge is 0.224 e. The first-order chi connectivity index (χ1) is 16.3. The van der Waals surface area contributed by atoms with Crippen LogP contribution in [0.2, 0.25) is 0 Å². The zero-order valence-corrected chi connectivity index (χ0v) is 20.9. The van der Waals surface area contributed by atoms with Crippen molar-refractivity contribution in [2.45, 2.75) is 59.3 Å². The Kier molecular flexibility index (Phi) is 3.97. The monoisotopic (exact) mass is 446 g/mol. The maximum absolute atomic E-state index is 4.56. The lowest BCUT2D eigenvalue weighted by atomic mass is 9.71. The third-order valence-electron chi connectivity index (χ3n) is 8.90. The molecule has 4 aromatic heterocycles. The fraction of sp³-hybridized carbons (Fsp3) is 0.355. The van der Waals surface area contributed by atoms with E-state index in [9.17, 15) is 0 Å². The van der Waals surface area contributed by atoms with Gasteiger partial charge in [0.05, 0.1) is 33.5 Å². The number of aromatic nitrogens is 3. The van der Waals surface area contributed by atoms with Gasteiger partial charge in [0, 0.05) is 23.0 Å². The van der Waals surface area contributed by atoms with Crippen LogP contribution in [0.15, 0.2) is 48.9 Å². The molecule has 1 aliphatic rings. The Balaban J connectivity index is 1.69. The summed E-state index contributed by atoms with van der Waals surface area (Å²) in [4.78, 5) is 4.56. The molecule has 34 heavy (non-hydrogen) atoms. The highest BCUT2D eigenvalue weighted by Gasteiger charge is 2.30. The van der Waals surface area contributed by atoms with E-state index < -0.39 is 0 Å². The molecule has 7 rings (SSSR count). The molecule has 0 aliphatic heterocycles. The molecule has 0 spiro atoms. The molecule has 0 atom stereocenters. The van der Waals surface area contributed by atoms with Crippen molar-refractivity contribution in [1.29, 1.82) is 0 Å². The lowest BCUT2D eigenvalue weighted by Crippen LogP contribution is -2.29. The molecule has 3 nitrogen and oxygen atoms in total. The molecule has 1 fully saturated rings. The van der Waals surface area contributed by atoms with Crippen molar-refractivity contribution in [2.75, 3.05) is 0 Å². The minimum atomic E-state index is 0.478. The molecule has 0 saturated heterocycles. The first-order valence-electron chi connectivity index (χ1n) is 12.7. The van der Waals surface area contributed by atoms with Crippen LogP contribution in [0.3, 0.4) is 0 Å². The van der Waals surface area contributed by atoms with Crippen LogP contribution in [-0.4, -0.2) is 9.38 Å². The molecule has 6 aromatic rings. The Labute approximate surface area is 200 Å². The second-order valence-corrected chi connectivity index (χ2v) is 11.5. The van der Waals surface area contributed by atoms with E-state index in [1.54, 1.807) is 0 Å². The number of pyridine rings is 3. The minimum absolute atomic E-state index is 0.478. The second-order valence-electron chi connectivity index (χ2n) is 11.5. The van der Waals surface area contributed by atoms with Crippen LogP contribution in [0.5, 0.6) is 0 Å². The van der Waals surface area contributed by atoms with Gasteiger partial charge in [-0.2, -0.15) is 0 Å². The number of benzene rings is 2. The third-order valence-corrected chi connectivity index (χ3v) is 8.90. The molecule has 3 heteroatoms. The largest absolute Gasteiger partial charge is 0.306 e. The predicted molar refractivity (Wildman–Crippen MR) is 142 cm³/mol. The molecule has 0 amide bonds. The van der Waals surface area contributed by atoms with E-state index in [0.29, 0.717) is 11.3 Å². The van der Waals surface area contributed by atoms with Crippen LogP contribution in [0, 0.1) is 19.3 Å². The Bertz CT molecular complexity index is 1760. The van der Waals surface area contributed by atoms with Gasteiger partial charge in [0.25, 0.3) is 0 Å². The second kappa shape index (κ2) is 6.69. The molecule has 0 unspecified atom stereocenters. The summed E-state index contributed by atoms with van der Waals surface area (Å²) in [5, 5.41) is 6.73. The van der Waals surface area contributed by atoms with Crippen LogP contribution < -0.4 is 4.57 Å². The maximum Gasteiger partial charge on any atom is 0.224 e. The van der Waals surface area contributed by atoms with Gasteiger partial charge in [0.2, 0.25) is 5.52 Å². The highest BCUT2D eigenvalue weighted by atomic mass is 15.0. The van der Waals surface area contributed by atoms with Crippen molar-refractivity contribution in [1.82, 2.24) is 9.38 Å². The van der Waals surface area contributed by atoms with Gasteiger partial charge in [-0.1, -0.05) is 19.9 Å². The molecule has 0 bridgehead atoms. The predicted octanol–water partition coefficient (Wildman–Crippen LogP) is 7.51. The normalized spacial score (nSPS) is 17.2. The van der Waals surface area contributed by atoms with Gasteiger partial charge in [0.15, 0.2) is 6.20 Å². The summed E-state index contributed by atoms with van der Waals surface area (Å²) in [5.74, 6) is 0.641. The third kappa shape index (κ3) is 2.58. The van der Waals surface area contributed by atoms with Gasteiger partial charge in [-0.25, -0.2) is 4.57 Å². The standard InChI is InChI=1S/C31H32N3/c1-18-14-24-23-8-12-32-17-26(23)34-25-16-22(20-6-10-31(3,4)11-7-20)15-21-9-13-33(5)30(28(21)25)27(19(18)2)29(24)34/h8-9,12-17,20H,6-7,10-11H2,1-5H3/q+1. The summed E-state index contributed by atoms with van der Waals surface area (Å²) in [6, 6.07) is 11.9. The topological polar surface area (TPSA) is 21.2 Å². The number of aryl methyl sites for hydroxylation is 3. The van der Waals surface area contributed by atoms with Gasteiger partial charge in [-0.15, -0.1) is 0 Å². The summed E-state index contributed by atoms with van der Waals surface area (Å²) in [5.41, 5.74) is 9.92. The van der Waals surface area contributed by atoms with Crippen LogP contribution in [0.4, 0.5) is 0 Å². The number of hydrogen-bond acceptors (Lipinski definition) is 1. The minimum Gasteiger partial charge on any atom is -0.306 e. The molecule has 1 aliphatic carbocycles. The summed E-state index contributed by atoms with van der Waals surface area (Å²) in [6.45, 7) is 9.39. The van der Waals surface area contributed by atoms with E-state index in [2.05, 4.69) is 91.4 Å². The van der Waals surface area contributed by atoms with Crippen molar-refractivity contribution >= 4 is 49.0 Å². The lowest BCUT2D eigenvalue weighted by Gasteiger charge is -2.34. The molecule has 0 radical (unpaired) electrons. The van der Waals surface area contributed by atoms with Crippen molar-refractivity contribution < 1.29 is 4.57 Å². The first kappa shape index (κ1) is 20.2. The van der Waals surface area contributed by atoms with Gasteiger partial charge in [-0.3, -0.25) is 4.98 Å². The van der Waals surface area contributed by atoms with E-state index in [1.807, 2.05) is 6.20 Å². The fourth-order valence-corrected chi connectivity index (χ4v) is 6.74. The maximum atomic E-state index is 4.56. The number of rotatable bonds is 1. The van der Waals surface area contributed by atoms with Gasteiger partial charge in [0.1, 0.15) is 7.05 Å². The molecule has 4 heterocycles. The van der Waals surface area contributed by atoms with E-state index in [0.717, 1.165) is 0 Å². The lowest BCUT2D eigenvalue weighted by molar-refractivity contribution is -0.643. The molecule has 2 aromatic carbocycles. The Morgan fingerprint density at radius 3 is 2.56 bits per heavy atom. The van der Waals surface area contributed by atoms with Crippen molar-refractivity contribution in [3.63, 3.8) is 0 Å². The van der Waals surface area contributed by atoms with E-state index >= 15 is 0 Å². The van der Waals surface area contributed by atoms with Crippen LogP contribution >= 0.6 is 0 Å². The van der Waals surface area contributed by atoms with Crippen LogP contribution in [-0.2, 0) is 7.05 Å². The molecular weight excluding hydrogens is 414 g/mol. The van der Waals surface area contributed by atoms with Crippen molar-refractivity contribution in [3.8, 4) is 0 Å². The summed E-state index contributed by atoms with van der Waals surface area (Å²) >= 11 is 0. The zero-order valence-electron chi connectivity index (χ0n) is 20.9. The fourth-order valence-electron chi connectivity index (χ4n) is 6.74. The average Bonchev–Trinajstić information content (AvgIpc) is 3.14. The van der Waals surface area contributed by atoms with E-state index in [1.165, 1.54) is 91.4 Å². The average molecular weight is 447 g/mol. The summed E-state index contributed by atoms with van der Waals surface area (Å²) in [7, 11) is 2.20. The quantitative estimate of drug-likeness (QED) is 0.145. The summed E-state index contributed by atoms with van der Waals surface area (Å²) < 4.78 is 4.85. The zero-order chi connectivity index (χ0) is 23.4. The number of nitrogens with zero attached hydrogens (tertiary/aromatic N) is 3. The summed E-state index contributed by atoms with van der Waals surface area (Å²) in [6.07, 6.45) is 11.4. The van der Waals surface area contributed by atoms with Crippen molar-refractivity contribution in [3.05, 3.63) is 65.6 Å². The van der Waals surface area contributed by atoms with Gasteiger partial charge < -0.3 is 4.40 Å². The molecular formula is C31H32N3+. The Morgan fingerprint density at radius 1 is 0.971 bits per heavy atom. The van der Waals surface area contributed by atoms with Gasteiger partial charge >= 0.3 is 0 Å². The van der Waals surface area contributed by atoms with Crippen LogP contribution in [0.25, 0.3) is 49.0 Å². The SMILES string of the molecule is Cc1cc2c3ccncc3n3c4cc(C5CCC(C)(C)CC5)cc5cc[n+](C)c(c(c1C)c23)c54. The first-order valence-corrected chi connectivity index (χ1v) is 12.7. The Hall–Kier alpha value is -3.20. The van der Waals surface area contributed by atoms with Gasteiger partial charge in [-0.05, 0) is 91.1 Å². The Morgan fingerprint density at radius 2 is 1.76 bits per heavy atom. The highest BCUT2D eigenvalue weighted by molar-refractivity contribution is 6.26. The van der Waals surface area contributed by atoms with Crippen molar-refractivity contribution in [2.24, 2.45) is 12.5 Å². The van der Waals surface area contributed by atoms with E-state index in [4.69, 9.17) is 0 Å². The molecule has 0 N–H and O–H groups in total. The van der Waals surface area contributed by atoms with E-state index in [-0.39, 0.29) is 0 Å². The molecule has 170 valence electrons. The molecule has 1 saturated carbocycles. The number of fused-ring (bicyclic) bond motifs is 5. The highest BCUT2D eigenvalue weighted by Crippen LogP contribution is 2.46. The van der Waals surface area contributed by atoms with Crippen LogP contribution in [0.1, 0.15) is 62.1 Å².